The number of aliphatic carboxylic acids is 1. The number of alkyl halides is 3. The summed E-state index contributed by atoms with van der Waals surface area (Å²) >= 11 is 0. The molecule has 0 bridgehead atoms. The molecule has 0 amide bonds. The van der Waals surface area contributed by atoms with Gasteiger partial charge >= 0.3 is 12.1 Å². The Kier molecular flexibility index (Phi) is 4.28. The van der Waals surface area contributed by atoms with Crippen LogP contribution in [0.5, 0.6) is 0 Å². The molecule has 9 heteroatoms. The third-order valence-corrected chi connectivity index (χ3v) is 3.64. The number of hydrogen-bond acceptors (Lipinski definition) is 5. The molecule has 1 aromatic heterocycles. The van der Waals surface area contributed by atoms with Crippen molar-refractivity contribution in [3.63, 3.8) is 0 Å². The molecule has 6 nitrogen and oxygen atoms in total. The summed E-state index contributed by atoms with van der Waals surface area (Å²) in [5, 5.41) is 9.37. The summed E-state index contributed by atoms with van der Waals surface area (Å²) in [5.74, 6) is -1.15. The van der Waals surface area contributed by atoms with Crippen molar-refractivity contribution in [2.24, 2.45) is 5.41 Å². The van der Waals surface area contributed by atoms with Gasteiger partial charge < -0.3 is 14.7 Å². The van der Waals surface area contributed by atoms with Crippen molar-refractivity contribution in [1.29, 1.82) is 0 Å². The molecule has 0 aliphatic carbocycles. The number of aromatic nitrogens is 2. The molecule has 0 spiro atoms. The average molecular weight is 319 g/mol. The number of hydrogen-bond donors (Lipinski definition) is 1. The van der Waals surface area contributed by atoms with Gasteiger partial charge in [-0.1, -0.05) is 0 Å². The van der Waals surface area contributed by atoms with Gasteiger partial charge in [-0.3, -0.25) is 4.79 Å². The Morgan fingerprint density at radius 1 is 1.50 bits per heavy atom. The summed E-state index contributed by atoms with van der Waals surface area (Å²) in [6.45, 7) is 1.69. The largest absolute Gasteiger partial charge is 0.481 e. The lowest BCUT2D eigenvalue weighted by Gasteiger charge is -2.24. The number of halogens is 3. The minimum absolute atomic E-state index is 0.0108. The Balaban J connectivity index is 2.31. The first kappa shape index (κ1) is 16.5. The molecular formula is C13H16F3N3O3. The molecule has 0 aromatic carbocycles. The van der Waals surface area contributed by atoms with Crippen LogP contribution in [0.25, 0.3) is 0 Å². The standard InChI is InChI=1S/C13H16F3N3O3/c1-8-5-9(13(14,15)16)18-11(17-8)19-4-3-12(6-19,7-22-2)10(20)21/h5H,3-4,6-7H2,1-2H3,(H,20,21). The molecule has 2 heterocycles. The zero-order valence-electron chi connectivity index (χ0n) is 12.1. The number of methoxy groups -OCH3 is 1. The van der Waals surface area contributed by atoms with E-state index in [0.717, 1.165) is 6.07 Å². The van der Waals surface area contributed by atoms with Crippen LogP contribution in [0.1, 0.15) is 17.8 Å². The highest BCUT2D eigenvalue weighted by Crippen LogP contribution is 2.34. The van der Waals surface area contributed by atoms with E-state index in [2.05, 4.69) is 9.97 Å². The molecule has 1 aromatic rings. The number of rotatable bonds is 4. The number of carboxylic acid groups (broad SMARTS) is 1. The van der Waals surface area contributed by atoms with Gasteiger partial charge in [-0.15, -0.1) is 0 Å². The molecule has 122 valence electrons. The van der Waals surface area contributed by atoms with Gasteiger partial charge in [0.15, 0.2) is 0 Å². The SMILES string of the molecule is COCC1(C(=O)O)CCN(c2nc(C)cc(C(F)(F)F)n2)C1. The molecule has 1 unspecified atom stereocenters. The van der Waals surface area contributed by atoms with Crippen molar-refractivity contribution < 1.29 is 27.8 Å². The van der Waals surface area contributed by atoms with E-state index in [1.165, 1.54) is 18.9 Å². The summed E-state index contributed by atoms with van der Waals surface area (Å²) in [7, 11) is 1.39. The zero-order valence-corrected chi connectivity index (χ0v) is 12.1. The first-order valence-electron chi connectivity index (χ1n) is 6.58. The Morgan fingerprint density at radius 2 is 2.18 bits per heavy atom. The second-order valence-corrected chi connectivity index (χ2v) is 5.38. The quantitative estimate of drug-likeness (QED) is 0.911. The zero-order chi connectivity index (χ0) is 16.5. The number of anilines is 1. The highest BCUT2D eigenvalue weighted by molar-refractivity contribution is 5.76. The summed E-state index contributed by atoms with van der Waals surface area (Å²) in [4.78, 5) is 20.4. The lowest BCUT2D eigenvalue weighted by atomic mass is 9.88. The van der Waals surface area contributed by atoms with E-state index in [4.69, 9.17) is 4.74 Å². The first-order chi connectivity index (χ1) is 10.2. The van der Waals surface area contributed by atoms with Crippen LogP contribution in [0.3, 0.4) is 0 Å². The van der Waals surface area contributed by atoms with Crippen molar-refractivity contribution in [2.75, 3.05) is 31.7 Å². The van der Waals surface area contributed by atoms with Crippen LogP contribution in [0.2, 0.25) is 0 Å². The van der Waals surface area contributed by atoms with E-state index >= 15 is 0 Å². The van der Waals surface area contributed by atoms with Crippen molar-refractivity contribution in [1.82, 2.24) is 9.97 Å². The van der Waals surface area contributed by atoms with Gasteiger partial charge in [0, 0.05) is 25.9 Å². The third-order valence-electron chi connectivity index (χ3n) is 3.64. The van der Waals surface area contributed by atoms with Gasteiger partial charge in [-0.25, -0.2) is 9.97 Å². The normalized spacial score (nSPS) is 22.1. The number of ether oxygens (including phenoxy) is 1. The lowest BCUT2D eigenvalue weighted by Crippen LogP contribution is -2.39. The minimum Gasteiger partial charge on any atom is -0.481 e. The maximum Gasteiger partial charge on any atom is 0.433 e. The van der Waals surface area contributed by atoms with Crippen LogP contribution in [0.15, 0.2) is 6.07 Å². The predicted octanol–water partition coefficient (Wildman–Crippen LogP) is 1.73. The molecule has 0 radical (unpaired) electrons. The lowest BCUT2D eigenvalue weighted by molar-refractivity contribution is -0.150. The minimum atomic E-state index is -4.57. The van der Waals surface area contributed by atoms with E-state index in [1.807, 2.05) is 0 Å². The van der Waals surface area contributed by atoms with Gasteiger partial charge in [-0.05, 0) is 19.4 Å². The number of aryl methyl sites for hydroxylation is 1. The third kappa shape index (κ3) is 3.13. The van der Waals surface area contributed by atoms with Gasteiger partial charge in [0.2, 0.25) is 5.95 Å². The molecule has 1 saturated heterocycles. The van der Waals surface area contributed by atoms with E-state index in [9.17, 15) is 23.1 Å². The highest BCUT2D eigenvalue weighted by atomic mass is 19.4. The van der Waals surface area contributed by atoms with Gasteiger partial charge in [0.05, 0.1) is 6.61 Å². The second kappa shape index (κ2) is 5.71. The van der Waals surface area contributed by atoms with Gasteiger partial charge in [0.25, 0.3) is 0 Å². The average Bonchev–Trinajstić information content (AvgIpc) is 2.83. The van der Waals surface area contributed by atoms with E-state index in [0.29, 0.717) is 0 Å². The Bertz CT molecular complexity index is 579. The highest BCUT2D eigenvalue weighted by Gasteiger charge is 2.46. The Labute approximate surface area is 124 Å². The molecule has 1 aliphatic rings. The summed E-state index contributed by atoms with van der Waals surface area (Å²) < 4.78 is 43.4. The topological polar surface area (TPSA) is 75.6 Å². The molecule has 22 heavy (non-hydrogen) atoms. The second-order valence-electron chi connectivity index (χ2n) is 5.38. The van der Waals surface area contributed by atoms with E-state index < -0.39 is 23.3 Å². The van der Waals surface area contributed by atoms with Crippen LogP contribution in [-0.4, -0.2) is 47.8 Å². The van der Waals surface area contributed by atoms with Crippen LogP contribution in [-0.2, 0) is 15.7 Å². The predicted molar refractivity (Wildman–Crippen MR) is 70.5 cm³/mol. The molecule has 0 saturated carbocycles. The molecule has 1 N–H and O–H groups in total. The summed E-state index contributed by atoms with van der Waals surface area (Å²) in [5.41, 5.74) is -2.01. The Morgan fingerprint density at radius 3 is 2.73 bits per heavy atom. The fourth-order valence-electron chi connectivity index (χ4n) is 2.51. The maximum atomic E-state index is 12.8. The van der Waals surface area contributed by atoms with Crippen molar-refractivity contribution in [2.45, 2.75) is 19.5 Å². The van der Waals surface area contributed by atoms with Crippen LogP contribution in [0, 0.1) is 12.3 Å². The van der Waals surface area contributed by atoms with Crippen LogP contribution >= 0.6 is 0 Å². The molecule has 2 rings (SSSR count). The van der Waals surface area contributed by atoms with Crippen molar-refractivity contribution in [3.05, 3.63) is 17.5 Å². The molecule has 1 fully saturated rings. The van der Waals surface area contributed by atoms with Gasteiger partial charge in [0.1, 0.15) is 11.1 Å². The molecule has 1 aliphatic heterocycles. The maximum absolute atomic E-state index is 12.8. The van der Waals surface area contributed by atoms with Crippen molar-refractivity contribution in [3.8, 4) is 0 Å². The van der Waals surface area contributed by atoms with Gasteiger partial charge in [-0.2, -0.15) is 13.2 Å². The van der Waals surface area contributed by atoms with E-state index in [-0.39, 0.29) is 37.8 Å². The van der Waals surface area contributed by atoms with E-state index in [1.54, 1.807) is 0 Å². The molecule has 1 atom stereocenters. The smallest absolute Gasteiger partial charge is 0.433 e. The monoisotopic (exact) mass is 319 g/mol. The molecular weight excluding hydrogens is 303 g/mol. The summed E-state index contributed by atoms with van der Waals surface area (Å²) in [6, 6.07) is 0.860. The number of carbonyl (C=O) groups is 1. The summed E-state index contributed by atoms with van der Waals surface area (Å²) in [6.07, 6.45) is -4.31. The number of carboxylic acids is 1. The Hall–Kier alpha value is -1.90. The fraction of sp³-hybridized carbons (Fsp3) is 0.615. The van der Waals surface area contributed by atoms with Crippen LogP contribution < -0.4 is 4.90 Å². The number of nitrogens with zero attached hydrogens (tertiary/aromatic N) is 3. The van der Waals surface area contributed by atoms with Crippen LogP contribution in [0.4, 0.5) is 19.1 Å². The fourth-order valence-corrected chi connectivity index (χ4v) is 2.51. The first-order valence-corrected chi connectivity index (χ1v) is 6.58. The van der Waals surface area contributed by atoms with Crippen molar-refractivity contribution >= 4 is 11.9 Å².